The van der Waals surface area contributed by atoms with Crippen molar-refractivity contribution < 1.29 is 39.8 Å². The Morgan fingerprint density at radius 3 is 1.42 bits per heavy atom. The molecule has 9 heteroatoms. The van der Waals surface area contributed by atoms with Crippen LogP contribution in [0.3, 0.4) is 0 Å². The van der Waals surface area contributed by atoms with E-state index >= 15 is 0 Å². The number of carbonyl (C=O) groups excluding carboxylic acids is 1. The third kappa shape index (κ3) is 29.5. The van der Waals surface area contributed by atoms with Crippen molar-refractivity contribution in [2.24, 2.45) is 0 Å². The molecule has 1 aliphatic heterocycles. The molecule has 7 atom stereocenters. The van der Waals surface area contributed by atoms with Gasteiger partial charge in [-0.3, -0.25) is 4.79 Å². The van der Waals surface area contributed by atoms with E-state index in [2.05, 4.69) is 31.3 Å². The van der Waals surface area contributed by atoms with E-state index in [1.165, 1.54) is 141 Å². The second-order valence-corrected chi connectivity index (χ2v) is 16.9. The number of aliphatic hydroxyl groups is 5. The van der Waals surface area contributed by atoms with Gasteiger partial charge in [-0.05, 0) is 44.9 Å². The Labute approximate surface area is 349 Å². The zero-order valence-corrected chi connectivity index (χ0v) is 36.9. The minimum atomic E-state index is -1.57. The van der Waals surface area contributed by atoms with Gasteiger partial charge in [0.15, 0.2) is 6.29 Å². The summed E-state index contributed by atoms with van der Waals surface area (Å²) in [7, 11) is 0. The molecule has 0 aliphatic carbocycles. The summed E-state index contributed by atoms with van der Waals surface area (Å²) >= 11 is 0. The summed E-state index contributed by atoms with van der Waals surface area (Å²) in [5.74, 6) is -0.185. The van der Waals surface area contributed by atoms with Crippen molar-refractivity contribution in [3.8, 4) is 0 Å². The molecule has 1 rings (SSSR count). The van der Waals surface area contributed by atoms with E-state index in [-0.39, 0.29) is 12.5 Å². The Morgan fingerprint density at radius 1 is 0.579 bits per heavy atom. The molecule has 0 aromatic rings. The predicted octanol–water partition coefficient (Wildman–Crippen LogP) is 10.3. The van der Waals surface area contributed by atoms with Gasteiger partial charge in [0.2, 0.25) is 5.91 Å². The number of carbonyl (C=O) groups is 1. The molecule has 0 bridgehead atoms. The van der Waals surface area contributed by atoms with Gasteiger partial charge in [0, 0.05) is 6.42 Å². The largest absolute Gasteiger partial charge is 0.394 e. The van der Waals surface area contributed by atoms with Gasteiger partial charge in [0.1, 0.15) is 24.4 Å². The van der Waals surface area contributed by atoms with Gasteiger partial charge < -0.3 is 40.3 Å². The van der Waals surface area contributed by atoms with Gasteiger partial charge in [-0.15, -0.1) is 0 Å². The predicted molar refractivity (Wildman–Crippen MR) is 235 cm³/mol. The van der Waals surface area contributed by atoms with Crippen LogP contribution in [0, 0.1) is 0 Å². The number of allylic oxidation sites excluding steroid dienone is 3. The molecule has 336 valence electrons. The molecule has 0 saturated carbocycles. The lowest BCUT2D eigenvalue weighted by molar-refractivity contribution is -0.302. The van der Waals surface area contributed by atoms with Gasteiger partial charge >= 0.3 is 0 Å². The first-order valence-electron chi connectivity index (χ1n) is 24.1. The highest BCUT2D eigenvalue weighted by molar-refractivity contribution is 5.76. The second kappa shape index (κ2) is 38.8. The van der Waals surface area contributed by atoms with E-state index in [1.807, 2.05) is 6.08 Å². The number of rotatable bonds is 40. The smallest absolute Gasteiger partial charge is 0.220 e. The van der Waals surface area contributed by atoms with Crippen molar-refractivity contribution in [1.29, 1.82) is 0 Å². The minimum absolute atomic E-state index is 0.185. The van der Waals surface area contributed by atoms with Crippen LogP contribution < -0.4 is 5.32 Å². The third-order valence-corrected chi connectivity index (χ3v) is 11.5. The first-order valence-corrected chi connectivity index (χ1v) is 24.1. The molecule has 0 aromatic heterocycles. The van der Waals surface area contributed by atoms with E-state index in [4.69, 9.17) is 9.47 Å². The van der Waals surface area contributed by atoms with Crippen LogP contribution in [0.5, 0.6) is 0 Å². The fourth-order valence-corrected chi connectivity index (χ4v) is 7.62. The van der Waals surface area contributed by atoms with E-state index in [9.17, 15) is 30.3 Å². The van der Waals surface area contributed by atoms with Gasteiger partial charge in [-0.25, -0.2) is 0 Å². The summed E-state index contributed by atoms with van der Waals surface area (Å²) in [6, 6.07) is -0.806. The standard InChI is InChI=1S/C48H91NO8/c1-3-5-7-9-11-13-15-17-19-20-21-22-24-25-27-29-31-33-35-37-42(51)41(40-56-48-47(55)46(54)45(53)43(39-50)57-48)49-44(52)38-36-34-32-30-28-26-23-18-16-14-12-10-8-6-4-2/h18,23,35,37,41-43,45-48,50-51,53-55H,3-17,19-22,24-34,36,38-40H2,1-2H3,(H,49,52)/b23-18-,37-35+. The van der Waals surface area contributed by atoms with Gasteiger partial charge in [0.25, 0.3) is 0 Å². The Hall–Kier alpha value is -1.33. The molecule has 1 aliphatic rings. The summed E-state index contributed by atoms with van der Waals surface area (Å²) in [5, 5.41) is 54.2. The average molecular weight is 810 g/mol. The number of hydrogen-bond acceptors (Lipinski definition) is 8. The zero-order chi connectivity index (χ0) is 41.6. The highest BCUT2D eigenvalue weighted by Crippen LogP contribution is 2.23. The molecule has 0 spiro atoms. The van der Waals surface area contributed by atoms with Crippen LogP contribution in [0.25, 0.3) is 0 Å². The Kier molecular flexibility index (Phi) is 36.6. The van der Waals surface area contributed by atoms with Crippen LogP contribution in [0.15, 0.2) is 24.3 Å². The number of aliphatic hydroxyl groups excluding tert-OH is 5. The number of ether oxygens (including phenoxy) is 2. The molecular weight excluding hydrogens is 719 g/mol. The van der Waals surface area contributed by atoms with Crippen molar-refractivity contribution in [3.05, 3.63) is 24.3 Å². The Bertz CT molecular complexity index is 945. The second-order valence-electron chi connectivity index (χ2n) is 16.9. The van der Waals surface area contributed by atoms with E-state index in [1.54, 1.807) is 6.08 Å². The van der Waals surface area contributed by atoms with Crippen LogP contribution in [-0.2, 0) is 14.3 Å². The van der Waals surface area contributed by atoms with Crippen LogP contribution in [0.1, 0.15) is 219 Å². The monoisotopic (exact) mass is 810 g/mol. The first kappa shape index (κ1) is 53.7. The van der Waals surface area contributed by atoms with Crippen LogP contribution in [0.2, 0.25) is 0 Å². The van der Waals surface area contributed by atoms with Crippen molar-refractivity contribution in [3.63, 3.8) is 0 Å². The maximum absolute atomic E-state index is 13.0. The average Bonchev–Trinajstić information content (AvgIpc) is 3.21. The molecule has 1 heterocycles. The van der Waals surface area contributed by atoms with E-state index in [0.29, 0.717) is 6.42 Å². The number of nitrogens with one attached hydrogen (secondary N) is 1. The highest BCUT2D eigenvalue weighted by atomic mass is 16.7. The Morgan fingerprint density at radius 2 is 0.982 bits per heavy atom. The summed E-state index contributed by atoms with van der Waals surface area (Å²) in [4.78, 5) is 13.0. The van der Waals surface area contributed by atoms with Crippen molar-refractivity contribution in [2.75, 3.05) is 13.2 Å². The maximum atomic E-state index is 13.0. The third-order valence-electron chi connectivity index (χ3n) is 11.5. The molecule has 0 aromatic carbocycles. The van der Waals surface area contributed by atoms with Crippen LogP contribution >= 0.6 is 0 Å². The van der Waals surface area contributed by atoms with Crippen molar-refractivity contribution in [1.82, 2.24) is 5.32 Å². The SMILES string of the molecule is CCCCCCCC/C=C\CCCCCCCC(=O)NC(COC1OC(CO)C(O)C(O)C1O)C(O)/C=C/CCCCCCCCCCCCCCCCCCC. The molecule has 9 nitrogen and oxygen atoms in total. The summed E-state index contributed by atoms with van der Waals surface area (Å²) < 4.78 is 11.2. The molecule has 1 fully saturated rings. The fourth-order valence-electron chi connectivity index (χ4n) is 7.62. The summed E-state index contributed by atoms with van der Waals surface area (Å²) in [6.45, 7) is 3.77. The molecule has 1 saturated heterocycles. The molecule has 7 unspecified atom stereocenters. The summed E-state index contributed by atoms with van der Waals surface area (Å²) in [5.41, 5.74) is 0. The van der Waals surface area contributed by atoms with Gasteiger partial charge in [-0.2, -0.15) is 0 Å². The van der Waals surface area contributed by atoms with E-state index in [0.717, 1.165) is 57.8 Å². The van der Waals surface area contributed by atoms with Crippen LogP contribution in [-0.4, -0.2) is 87.5 Å². The van der Waals surface area contributed by atoms with Gasteiger partial charge in [-0.1, -0.05) is 192 Å². The van der Waals surface area contributed by atoms with Crippen molar-refractivity contribution in [2.45, 2.75) is 262 Å². The first-order chi connectivity index (χ1) is 27.8. The number of amides is 1. The highest BCUT2D eigenvalue weighted by Gasteiger charge is 2.44. The Balaban J connectivity index is 2.34. The lowest BCUT2D eigenvalue weighted by Gasteiger charge is -2.40. The quantitative estimate of drug-likeness (QED) is 0.0265. The molecule has 6 N–H and O–H groups in total. The summed E-state index contributed by atoms with van der Waals surface area (Å²) in [6.07, 6.45) is 39.3. The molecule has 1 amide bonds. The number of unbranched alkanes of at least 4 members (excludes halogenated alkanes) is 28. The van der Waals surface area contributed by atoms with Crippen LogP contribution in [0.4, 0.5) is 0 Å². The lowest BCUT2D eigenvalue weighted by Crippen LogP contribution is -2.60. The lowest BCUT2D eigenvalue weighted by atomic mass is 9.99. The topological polar surface area (TPSA) is 149 Å². The normalized spacial score (nSPS) is 21.1. The molecule has 57 heavy (non-hydrogen) atoms. The van der Waals surface area contributed by atoms with Gasteiger partial charge in [0.05, 0.1) is 25.4 Å². The minimum Gasteiger partial charge on any atom is -0.394 e. The molecule has 0 radical (unpaired) electrons. The number of hydrogen-bond donors (Lipinski definition) is 6. The van der Waals surface area contributed by atoms with Crippen molar-refractivity contribution >= 4 is 5.91 Å². The fraction of sp³-hybridized carbons (Fsp3) is 0.896. The maximum Gasteiger partial charge on any atom is 0.220 e. The van der Waals surface area contributed by atoms with E-state index < -0.39 is 49.5 Å². The zero-order valence-electron chi connectivity index (χ0n) is 36.9. The molecular formula is C48H91NO8.